The molecular weight excluding hydrogens is 262 g/mol. The van der Waals surface area contributed by atoms with Gasteiger partial charge in [0, 0.05) is 0 Å². The van der Waals surface area contributed by atoms with E-state index in [1.807, 2.05) is 0 Å². The fourth-order valence-electron chi connectivity index (χ4n) is 1.55. The average molecular weight is 283 g/mol. The third kappa shape index (κ3) is 5.77. The lowest BCUT2D eigenvalue weighted by Gasteiger charge is -2.22. The van der Waals surface area contributed by atoms with Crippen LogP contribution in [0.3, 0.4) is 0 Å². The molecular formula is C14H21NO5. The molecule has 1 aromatic rings. The first-order chi connectivity index (χ1) is 9.31. The predicted molar refractivity (Wildman–Crippen MR) is 72.1 cm³/mol. The summed E-state index contributed by atoms with van der Waals surface area (Å²) in [6, 6.07) is 2.75. The molecule has 0 aliphatic heterocycles. The SMILES string of the molecule is CCOC(=O)C[C@@H](NC(=O)OC(C)(C)C)c1ccco1. The van der Waals surface area contributed by atoms with Crippen LogP contribution in [0.1, 0.15) is 45.9 Å². The zero-order chi connectivity index (χ0) is 15.2. The van der Waals surface area contributed by atoms with E-state index in [4.69, 9.17) is 13.9 Å². The highest BCUT2D eigenvalue weighted by Crippen LogP contribution is 2.19. The van der Waals surface area contributed by atoms with Crippen LogP contribution in [0.2, 0.25) is 0 Å². The largest absolute Gasteiger partial charge is 0.467 e. The second kappa shape index (κ2) is 6.98. The van der Waals surface area contributed by atoms with Crippen molar-refractivity contribution < 1.29 is 23.5 Å². The van der Waals surface area contributed by atoms with E-state index in [2.05, 4.69) is 5.32 Å². The number of ether oxygens (including phenoxy) is 2. The van der Waals surface area contributed by atoms with Crippen molar-refractivity contribution in [3.63, 3.8) is 0 Å². The number of carbonyl (C=O) groups excluding carboxylic acids is 2. The minimum absolute atomic E-state index is 0.0133. The minimum atomic E-state index is -0.612. The van der Waals surface area contributed by atoms with Crippen LogP contribution in [-0.2, 0) is 14.3 Å². The molecule has 1 N–H and O–H groups in total. The zero-order valence-corrected chi connectivity index (χ0v) is 12.3. The monoisotopic (exact) mass is 283 g/mol. The number of nitrogens with one attached hydrogen (secondary N) is 1. The molecule has 0 fully saturated rings. The summed E-state index contributed by atoms with van der Waals surface area (Å²) in [7, 11) is 0. The number of furan rings is 1. The Morgan fingerprint density at radius 2 is 2.10 bits per heavy atom. The van der Waals surface area contributed by atoms with Gasteiger partial charge in [0.1, 0.15) is 17.4 Å². The molecule has 6 heteroatoms. The molecule has 0 saturated carbocycles. The molecule has 0 bridgehead atoms. The van der Waals surface area contributed by atoms with E-state index in [-0.39, 0.29) is 13.0 Å². The first-order valence-corrected chi connectivity index (χ1v) is 6.50. The van der Waals surface area contributed by atoms with E-state index in [0.717, 1.165) is 0 Å². The number of rotatable bonds is 5. The molecule has 0 aliphatic carbocycles. The fraction of sp³-hybridized carbons (Fsp3) is 0.571. The Labute approximate surface area is 118 Å². The van der Waals surface area contributed by atoms with Gasteiger partial charge >= 0.3 is 12.1 Å². The average Bonchev–Trinajstić information content (AvgIpc) is 2.78. The van der Waals surface area contributed by atoms with E-state index < -0.39 is 23.7 Å². The normalized spacial score (nSPS) is 12.6. The van der Waals surface area contributed by atoms with Gasteiger partial charge in [-0.05, 0) is 39.8 Å². The molecule has 1 aromatic heterocycles. The Kier molecular flexibility index (Phi) is 5.61. The Hall–Kier alpha value is -1.98. The summed E-state index contributed by atoms with van der Waals surface area (Å²) in [4.78, 5) is 23.3. The molecule has 0 unspecified atom stereocenters. The van der Waals surface area contributed by atoms with Gasteiger partial charge in [0.2, 0.25) is 0 Å². The Morgan fingerprint density at radius 1 is 1.40 bits per heavy atom. The van der Waals surface area contributed by atoms with Crippen LogP contribution in [0.5, 0.6) is 0 Å². The lowest BCUT2D eigenvalue weighted by molar-refractivity contribution is -0.143. The number of carbonyl (C=O) groups is 2. The first-order valence-electron chi connectivity index (χ1n) is 6.50. The predicted octanol–water partition coefficient (Wildman–Crippen LogP) is 2.80. The van der Waals surface area contributed by atoms with Crippen molar-refractivity contribution in [1.29, 1.82) is 0 Å². The third-order valence-corrected chi connectivity index (χ3v) is 2.25. The number of hydrogen-bond acceptors (Lipinski definition) is 5. The van der Waals surface area contributed by atoms with Gasteiger partial charge in [0.05, 0.1) is 19.3 Å². The summed E-state index contributed by atoms with van der Waals surface area (Å²) in [6.07, 6.45) is 0.855. The minimum Gasteiger partial charge on any atom is -0.467 e. The van der Waals surface area contributed by atoms with E-state index in [9.17, 15) is 9.59 Å². The standard InChI is InChI=1S/C14H21NO5/c1-5-18-12(16)9-10(11-7-6-8-19-11)15-13(17)20-14(2,3)4/h6-8,10H,5,9H2,1-4H3,(H,15,17)/t10-/m1/s1. The van der Waals surface area contributed by atoms with Crippen molar-refractivity contribution in [2.75, 3.05) is 6.61 Å². The van der Waals surface area contributed by atoms with E-state index in [1.54, 1.807) is 39.8 Å². The fourth-order valence-corrected chi connectivity index (χ4v) is 1.55. The molecule has 0 radical (unpaired) electrons. The summed E-state index contributed by atoms with van der Waals surface area (Å²) >= 11 is 0. The number of hydrogen-bond donors (Lipinski definition) is 1. The topological polar surface area (TPSA) is 77.8 Å². The summed E-state index contributed by atoms with van der Waals surface area (Å²) < 4.78 is 15.3. The Bertz CT molecular complexity index is 433. The maximum Gasteiger partial charge on any atom is 0.408 e. The molecule has 1 atom stereocenters. The van der Waals surface area contributed by atoms with Crippen LogP contribution in [0, 0.1) is 0 Å². The van der Waals surface area contributed by atoms with Crippen LogP contribution in [-0.4, -0.2) is 24.3 Å². The molecule has 112 valence electrons. The maximum atomic E-state index is 11.8. The quantitative estimate of drug-likeness (QED) is 0.841. The van der Waals surface area contributed by atoms with Crippen LogP contribution in [0.25, 0.3) is 0 Å². The second-order valence-electron chi connectivity index (χ2n) is 5.22. The highest BCUT2D eigenvalue weighted by Gasteiger charge is 2.24. The van der Waals surface area contributed by atoms with Crippen LogP contribution in [0.4, 0.5) is 4.79 Å². The van der Waals surface area contributed by atoms with Crippen molar-refractivity contribution in [1.82, 2.24) is 5.32 Å². The maximum absolute atomic E-state index is 11.8. The lowest BCUT2D eigenvalue weighted by atomic mass is 10.1. The Morgan fingerprint density at radius 3 is 2.60 bits per heavy atom. The van der Waals surface area contributed by atoms with Crippen LogP contribution in [0.15, 0.2) is 22.8 Å². The number of esters is 1. The van der Waals surface area contributed by atoms with Crippen molar-refractivity contribution in [2.24, 2.45) is 0 Å². The second-order valence-corrected chi connectivity index (χ2v) is 5.22. The number of amides is 1. The van der Waals surface area contributed by atoms with E-state index >= 15 is 0 Å². The molecule has 1 amide bonds. The van der Waals surface area contributed by atoms with Gasteiger partial charge in [-0.2, -0.15) is 0 Å². The molecule has 1 rings (SSSR count). The van der Waals surface area contributed by atoms with Crippen LogP contribution < -0.4 is 5.32 Å². The van der Waals surface area contributed by atoms with E-state index in [1.165, 1.54) is 6.26 Å². The zero-order valence-electron chi connectivity index (χ0n) is 12.3. The summed E-state index contributed by atoms with van der Waals surface area (Å²) in [5.74, 6) is 0.0638. The van der Waals surface area contributed by atoms with E-state index in [0.29, 0.717) is 5.76 Å². The summed E-state index contributed by atoms with van der Waals surface area (Å²) in [6.45, 7) is 7.30. The third-order valence-electron chi connectivity index (χ3n) is 2.25. The molecule has 6 nitrogen and oxygen atoms in total. The number of alkyl carbamates (subject to hydrolysis) is 1. The Balaban J connectivity index is 2.69. The highest BCUT2D eigenvalue weighted by atomic mass is 16.6. The lowest BCUT2D eigenvalue weighted by Crippen LogP contribution is -2.35. The van der Waals surface area contributed by atoms with Gasteiger partial charge in [0.25, 0.3) is 0 Å². The molecule has 20 heavy (non-hydrogen) atoms. The van der Waals surface area contributed by atoms with Gasteiger partial charge in [0.15, 0.2) is 0 Å². The van der Waals surface area contributed by atoms with Crippen molar-refractivity contribution >= 4 is 12.1 Å². The van der Waals surface area contributed by atoms with Gasteiger partial charge in [-0.15, -0.1) is 0 Å². The van der Waals surface area contributed by atoms with Crippen molar-refractivity contribution in [3.8, 4) is 0 Å². The molecule has 1 heterocycles. The molecule has 0 aromatic carbocycles. The van der Waals surface area contributed by atoms with Gasteiger partial charge in [-0.3, -0.25) is 4.79 Å². The molecule has 0 saturated heterocycles. The molecule has 0 spiro atoms. The van der Waals surface area contributed by atoms with Crippen molar-refractivity contribution in [2.45, 2.75) is 45.8 Å². The van der Waals surface area contributed by atoms with Gasteiger partial charge in [-0.1, -0.05) is 0 Å². The first kappa shape index (κ1) is 16.1. The van der Waals surface area contributed by atoms with Gasteiger partial charge < -0.3 is 19.2 Å². The van der Waals surface area contributed by atoms with Crippen LogP contribution >= 0.6 is 0 Å². The molecule has 0 aliphatic rings. The van der Waals surface area contributed by atoms with Crippen molar-refractivity contribution in [3.05, 3.63) is 24.2 Å². The highest BCUT2D eigenvalue weighted by molar-refractivity contribution is 5.73. The van der Waals surface area contributed by atoms with Gasteiger partial charge in [-0.25, -0.2) is 4.79 Å². The summed E-state index contributed by atoms with van der Waals surface area (Å²) in [5, 5.41) is 2.61. The smallest absolute Gasteiger partial charge is 0.408 e. The summed E-state index contributed by atoms with van der Waals surface area (Å²) in [5.41, 5.74) is -0.609.